The maximum absolute atomic E-state index is 12.4. The number of hydrogen-bond donors (Lipinski definition) is 2. The minimum Gasteiger partial charge on any atom is -0.399 e. The number of amides is 1. The van der Waals surface area contributed by atoms with E-state index in [9.17, 15) is 4.79 Å². The molecule has 100 valence electrons. The Hall–Kier alpha value is -1.22. The van der Waals surface area contributed by atoms with Crippen molar-refractivity contribution in [2.45, 2.75) is 19.3 Å². The Kier molecular flexibility index (Phi) is 2.37. The maximum atomic E-state index is 12.4. The average molecular weight is 277 g/mol. The molecule has 3 nitrogen and oxygen atoms in total. The van der Waals surface area contributed by atoms with Crippen LogP contribution in [-0.4, -0.2) is 5.91 Å². The summed E-state index contributed by atoms with van der Waals surface area (Å²) in [5.41, 5.74) is 6.99. The third kappa shape index (κ3) is 1.68. The number of hydrogen-bond acceptors (Lipinski definition) is 2. The molecule has 3 fully saturated rings. The summed E-state index contributed by atoms with van der Waals surface area (Å²) in [5, 5.41) is 3.51. The molecule has 0 spiro atoms. The van der Waals surface area contributed by atoms with Gasteiger partial charge in [0.25, 0.3) is 0 Å². The quantitative estimate of drug-likeness (QED) is 0.815. The summed E-state index contributed by atoms with van der Waals surface area (Å²) in [6.07, 6.45) is 4.02. The summed E-state index contributed by atoms with van der Waals surface area (Å²) in [4.78, 5) is 12.4. The van der Waals surface area contributed by atoms with Crippen LogP contribution in [0.5, 0.6) is 0 Å². The minimum absolute atomic E-state index is 0.138. The second kappa shape index (κ2) is 3.89. The van der Waals surface area contributed by atoms with E-state index in [1.54, 1.807) is 18.2 Å². The summed E-state index contributed by atoms with van der Waals surface area (Å²) in [6.45, 7) is 0. The zero-order chi connectivity index (χ0) is 13.1. The largest absolute Gasteiger partial charge is 0.399 e. The zero-order valence-corrected chi connectivity index (χ0v) is 11.4. The SMILES string of the molecule is Nc1ccc(Cl)c(NC(=O)C2C3C4CCC(C4)C23)c1. The molecule has 4 atom stereocenters. The molecule has 3 aliphatic rings. The standard InChI is InChI=1S/C15H17ClN2O/c16-10-4-3-9(17)6-11(10)18-15(19)14-12-7-1-2-8(5-7)13(12)14/h3-4,6-8,12-14H,1-2,5,17H2,(H,18,19). The fraction of sp³-hybridized carbons (Fsp3) is 0.533. The van der Waals surface area contributed by atoms with Crippen LogP contribution in [0.4, 0.5) is 11.4 Å². The molecule has 3 saturated carbocycles. The van der Waals surface area contributed by atoms with Gasteiger partial charge in [0.1, 0.15) is 0 Å². The molecule has 4 heteroatoms. The summed E-state index contributed by atoms with van der Waals surface area (Å²) < 4.78 is 0. The Bertz CT molecular complexity index is 543. The minimum atomic E-state index is 0.138. The number of rotatable bonds is 2. The topological polar surface area (TPSA) is 55.1 Å². The van der Waals surface area contributed by atoms with Crippen LogP contribution in [0.15, 0.2) is 18.2 Å². The molecular formula is C15H17ClN2O. The number of nitrogen functional groups attached to an aromatic ring is 1. The lowest BCUT2D eigenvalue weighted by Crippen LogP contribution is -2.18. The van der Waals surface area contributed by atoms with Crippen LogP contribution in [-0.2, 0) is 4.79 Å². The number of halogens is 1. The predicted octanol–water partition coefficient (Wildman–Crippen LogP) is 3.15. The highest BCUT2D eigenvalue weighted by Gasteiger charge is 2.67. The van der Waals surface area contributed by atoms with Crippen molar-refractivity contribution in [2.24, 2.45) is 29.6 Å². The van der Waals surface area contributed by atoms with Crippen LogP contribution in [0.2, 0.25) is 5.02 Å². The van der Waals surface area contributed by atoms with Crippen LogP contribution in [0.25, 0.3) is 0 Å². The zero-order valence-electron chi connectivity index (χ0n) is 10.6. The normalized spacial score (nSPS) is 38.1. The number of carbonyl (C=O) groups excluding carboxylic acids is 1. The Labute approximate surface area is 117 Å². The lowest BCUT2D eigenvalue weighted by molar-refractivity contribution is -0.118. The van der Waals surface area contributed by atoms with Crippen molar-refractivity contribution < 1.29 is 4.79 Å². The molecule has 0 aromatic heterocycles. The van der Waals surface area contributed by atoms with E-state index in [1.807, 2.05) is 0 Å². The summed E-state index contributed by atoms with van der Waals surface area (Å²) >= 11 is 6.09. The maximum Gasteiger partial charge on any atom is 0.228 e. The lowest BCUT2D eigenvalue weighted by atomic mass is 10.0. The van der Waals surface area contributed by atoms with Gasteiger partial charge in [-0.1, -0.05) is 11.6 Å². The Morgan fingerprint density at radius 3 is 2.63 bits per heavy atom. The monoisotopic (exact) mass is 276 g/mol. The molecule has 3 aliphatic carbocycles. The van der Waals surface area contributed by atoms with Crippen molar-refractivity contribution in [1.82, 2.24) is 0 Å². The van der Waals surface area contributed by atoms with Crippen LogP contribution >= 0.6 is 11.6 Å². The van der Waals surface area contributed by atoms with Gasteiger partial charge in [0, 0.05) is 11.6 Å². The van der Waals surface area contributed by atoms with Gasteiger partial charge in [-0.25, -0.2) is 0 Å². The summed E-state index contributed by atoms with van der Waals surface area (Å²) in [6, 6.07) is 5.20. The second-order valence-electron chi connectivity index (χ2n) is 6.24. The predicted molar refractivity (Wildman–Crippen MR) is 75.8 cm³/mol. The van der Waals surface area contributed by atoms with Crippen molar-refractivity contribution in [3.63, 3.8) is 0 Å². The van der Waals surface area contributed by atoms with E-state index in [0.717, 1.165) is 11.8 Å². The number of nitrogens with one attached hydrogen (secondary N) is 1. The van der Waals surface area contributed by atoms with Gasteiger partial charge >= 0.3 is 0 Å². The molecule has 1 aromatic carbocycles. The molecule has 0 radical (unpaired) electrons. The molecule has 2 bridgehead atoms. The Balaban J connectivity index is 1.50. The van der Waals surface area contributed by atoms with Crippen LogP contribution in [0.1, 0.15) is 19.3 Å². The fourth-order valence-corrected chi connectivity index (χ4v) is 4.70. The molecule has 1 amide bonds. The molecule has 1 aromatic rings. The number of carbonyl (C=O) groups is 1. The van der Waals surface area contributed by atoms with Gasteiger partial charge < -0.3 is 11.1 Å². The van der Waals surface area contributed by atoms with E-state index in [2.05, 4.69) is 5.32 Å². The van der Waals surface area contributed by atoms with Gasteiger partial charge in [0.2, 0.25) is 5.91 Å². The highest BCUT2D eigenvalue weighted by atomic mass is 35.5. The fourth-order valence-electron chi connectivity index (χ4n) is 4.53. The molecule has 0 saturated heterocycles. The molecule has 19 heavy (non-hydrogen) atoms. The van der Waals surface area contributed by atoms with Crippen LogP contribution in [0, 0.1) is 29.6 Å². The first-order valence-electron chi connectivity index (χ1n) is 7.01. The molecule has 4 rings (SSSR count). The van der Waals surface area contributed by atoms with Gasteiger partial charge in [-0.3, -0.25) is 4.79 Å². The smallest absolute Gasteiger partial charge is 0.228 e. The molecule has 0 aliphatic heterocycles. The molecule has 3 N–H and O–H groups in total. The highest BCUT2D eigenvalue weighted by Crippen LogP contribution is 2.69. The van der Waals surface area contributed by atoms with Gasteiger partial charge in [0.15, 0.2) is 0 Å². The van der Waals surface area contributed by atoms with E-state index in [4.69, 9.17) is 17.3 Å². The molecule has 4 unspecified atom stereocenters. The van der Waals surface area contributed by atoms with E-state index in [1.165, 1.54) is 19.3 Å². The number of fused-ring (bicyclic) bond motifs is 5. The van der Waals surface area contributed by atoms with Gasteiger partial charge in [0.05, 0.1) is 10.7 Å². The van der Waals surface area contributed by atoms with E-state index in [-0.39, 0.29) is 11.8 Å². The Morgan fingerprint density at radius 1 is 1.26 bits per heavy atom. The Morgan fingerprint density at radius 2 is 1.95 bits per heavy atom. The lowest BCUT2D eigenvalue weighted by Gasteiger charge is -2.11. The first-order chi connectivity index (χ1) is 9.15. The molecule has 0 heterocycles. The highest BCUT2D eigenvalue weighted by molar-refractivity contribution is 6.33. The number of anilines is 2. The third-order valence-electron chi connectivity index (χ3n) is 5.29. The summed E-state index contributed by atoms with van der Waals surface area (Å²) in [5.74, 6) is 3.28. The van der Waals surface area contributed by atoms with E-state index >= 15 is 0 Å². The number of benzene rings is 1. The first-order valence-corrected chi connectivity index (χ1v) is 7.39. The van der Waals surface area contributed by atoms with Crippen molar-refractivity contribution in [3.8, 4) is 0 Å². The molecular weight excluding hydrogens is 260 g/mol. The third-order valence-corrected chi connectivity index (χ3v) is 5.62. The number of nitrogens with two attached hydrogens (primary N) is 1. The van der Waals surface area contributed by atoms with Crippen molar-refractivity contribution in [1.29, 1.82) is 0 Å². The van der Waals surface area contributed by atoms with Gasteiger partial charge in [-0.15, -0.1) is 0 Å². The van der Waals surface area contributed by atoms with Crippen molar-refractivity contribution in [2.75, 3.05) is 11.1 Å². The van der Waals surface area contributed by atoms with Crippen LogP contribution < -0.4 is 11.1 Å². The first kappa shape index (κ1) is 11.6. The van der Waals surface area contributed by atoms with Crippen LogP contribution in [0.3, 0.4) is 0 Å². The van der Waals surface area contributed by atoms with Crippen molar-refractivity contribution in [3.05, 3.63) is 23.2 Å². The van der Waals surface area contributed by atoms with E-state index in [0.29, 0.717) is 28.2 Å². The van der Waals surface area contributed by atoms with Crippen molar-refractivity contribution >= 4 is 28.9 Å². The van der Waals surface area contributed by atoms with Gasteiger partial charge in [-0.2, -0.15) is 0 Å². The average Bonchev–Trinajstić information content (AvgIpc) is 2.83. The van der Waals surface area contributed by atoms with E-state index < -0.39 is 0 Å². The second-order valence-corrected chi connectivity index (χ2v) is 6.65. The van der Waals surface area contributed by atoms with Gasteiger partial charge in [-0.05, 0) is 61.1 Å². The summed E-state index contributed by atoms with van der Waals surface area (Å²) in [7, 11) is 0.